The Hall–Kier alpha value is -1.35. The van der Waals surface area contributed by atoms with E-state index in [0.29, 0.717) is 5.02 Å². The molecule has 106 valence electrons. The van der Waals surface area contributed by atoms with Gasteiger partial charge in [0.05, 0.1) is 5.02 Å². The second kappa shape index (κ2) is 6.18. The van der Waals surface area contributed by atoms with Gasteiger partial charge >= 0.3 is 0 Å². The highest BCUT2D eigenvalue weighted by Gasteiger charge is 2.13. The van der Waals surface area contributed by atoms with Crippen LogP contribution < -0.4 is 5.73 Å². The summed E-state index contributed by atoms with van der Waals surface area (Å²) in [5.74, 6) is 0. The van der Waals surface area contributed by atoms with Gasteiger partial charge in [0.1, 0.15) is 0 Å². The van der Waals surface area contributed by atoms with Crippen molar-refractivity contribution in [3.8, 4) is 0 Å². The van der Waals surface area contributed by atoms with E-state index in [0.717, 1.165) is 16.5 Å². The summed E-state index contributed by atoms with van der Waals surface area (Å²) >= 11 is 9.77. The van der Waals surface area contributed by atoms with Gasteiger partial charge in [0.25, 0.3) is 0 Å². The molecule has 0 radical (unpaired) electrons. The van der Waals surface area contributed by atoms with E-state index in [2.05, 4.69) is 58.4 Å². The average molecular weight is 361 g/mol. The fourth-order valence-corrected chi connectivity index (χ4v) is 3.18. The number of fused-ring (bicyclic) bond motifs is 1. The summed E-state index contributed by atoms with van der Waals surface area (Å²) in [6.07, 6.45) is 0.765. The van der Waals surface area contributed by atoms with Crippen molar-refractivity contribution in [1.82, 2.24) is 0 Å². The summed E-state index contributed by atoms with van der Waals surface area (Å²) in [4.78, 5) is 0. The molecule has 1 unspecified atom stereocenters. The Morgan fingerprint density at radius 2 is 1.71 bits per heavy atom. The molecule has 0 aromatic heterocycles. The number of halogens is 2. The van der Waals surface area contributed by atoms with Crippen molar-refractivity contribution >= 4 is 38.3 Å². The van der Waals surface area contributed by atoms with Gasteiger partial charge in [-0.2, -0.15) is 0 Å². The summed E-state index contributed by atoms with van der Waals surface area (Å²) in [6.45, 7) is 0. The van der Waals surface area contributed by atoms with E-state index >= 15 is 0 Å². The second-order valence-corrected chi connectivity index (χ2v) is 6.37. The molecule has 3 aromatic carbocycles. The third-order valence-electron chi connectivity index (χ3n) is 3.65. The molecular weight excluding hydrogens is 346 g/mol. The fraction of sp³-hybridized carbons (Fsp3) is 0.111. The summed E-state index contributed by atoms with van der Waals surface area (Å²) in [6, 6.07) is 20.6. The van der Waals surface area contributed by atoms with Crippen LogP contribution in [0.5, 0.6) is 0 Å². The van der Waals surface area contributed by atoms with Crippen LogP contribution in [0.1, 0.15) is 17.2 Å². The maximum Gasteiger partial charge on any atom is 0.0595 e. The van der Waals surface area contributed by atoms with Crippen molar-refractivity contribution in [2.75, 3.05) is 0 Å². The van der Waals surface area contributed by atoms with Crippen LogP contribution in [0.3, 0.4) is 0 Å². The summed E-state index contributed by atoms with van der Waals surface area (Å²) in [5, 5.41) is 3.18. The Morgan fingerprint density at radius 1 is 0.952 bits per heavy atom. The normalized spacial score (nSPS) is 12.5. The number of hydrogen-bond acceptors (Lipinski definition) is 1. The molecule has 0 aliphatic carbocycles. The number of nitrogens with two attached hydrogens (primary N) is 1. The molecule has 0 saturated carbocycles. The minimum absolute atomic E-state index is 0.115. The SMILES string of the molecule is NC(Cc1ccc2ccccc2c1)c1cccc(Br)c1Cl. The molecule has 0 aliphatic heterocycles. The standard InChI is InChI=1S/C18H15BrClN/c19-16-7-3-6-15(18(16)20)17(21)11-12-8-9-13-4-1-2-5-14(13)10-12/h1-10,17H,11,21H2. The maximum atomic E-state index is 6.34. The molecule has 1 nitrogen and oxygen atoms in total. The highest BCUT2D eigenvalue weighted by Crippen LogP contribution is 2.31. The Bertz CT molecular complexity index is 785. The third-order valence-corrected chi connectivity index (χ3v) is 4.96. The molecule has 3 heteroatoms. The van der Waals surface area contributed by atoms with Gasteiger partial charge in [-0.25, -0.2) is 0 Å². The quantitative estimate of drug-likeness (QED) is 0.656. The van der Waals surface area contributed by atoms with Crippen LogP contribution in [0.25, 0.3) is 10.8 Å². The zero-order chi connectivity index (χ0) is 14.8. The van der Waals surface area contributed by atoms with Crippen molar-refractivity contribution < 1.29 is 0 Å². The fourth-order valence-electron chi connectivity index (χ4n) is 2.54. The van der Waals surface area contributed by atoms with Crippen LogP contribution in [0.15, 0.2) is 65.1 Å². The van der Waals surface area contributed by atoms with E-state index in [1.165, 1.54) is 16.3 Å². The van der Waals surface area contributed by atoms with Gasteiger partial charge in [0.2, 0.25) is 0 Å². The predicted molar refractivity (Wildman–Crippen MR) is 93.7 cm³/mol. The zero-order valence-electron chi connectivity index (χ0n) is 11.4. The first kappa shape index (κ1) is 14.6. The number of rotatable bonds is 3. The van der Waals surface area contributed by atoms with Gasteiger partial charge in [-0.15, -0.1) is 0 Å². The molecule has 0 saturated heterocycles. The first-order chi connectivity index (χ1) is 10.1. The Labute approximate surface area is 137 Å². The Balaban J connectivity index is 1.89. The van der Waals surface area contributed by atoms with Gasteiger partial charge in [0, 0.05) is 10.5 Å². The highest BCUT2D eigenvalue weighted by molar-refractivity contribution is 9.10. The zero-order valence-corrected chi connectivity index (χ0v) is 13.7. The maximum absolute atomic E-state index is 6.34. The van der Waals surface area contributed by atoms with Crippen molar-refractivity contribution in [3.63, 3.8) is 0 Å². The van der Waals surface area contributed by atoms with Crippen molar-refractivity contribution in [2.24, 2.45) is 5.73 Å². The van der Waals surface area contributed by atoms with E-state index < -0.39 is 0 Å². The monoisotopic (exact) mass is 359 g/mol. The largest absolute Gasteiger partial charge is 0.324 e. The minimum Gasteiger partial charge on any atom is -0.324 e. The van der Waals surface area contributed by atoms with Crippen molar-refractivity contribution in [1.29, 1.82) is 0 Å². The summed E-state index contributed by atoms with van der Waals surface area (Å²) in [5.41, 5.74) is 8.53. The lowest BCUT2D eigenvalue weighted by Gasteiger charge is -2.15. The van der Waals surface area contributed by atoms with Gasteiger partial charge in [-0.3, -0.25) is 0 Å². The van der Waals surface area contributed by atoms with E-state index in [9.17, 15) is 0 Å². The van der Waals surface area contributed by atoms with Crippen LogP contribution in [0.4, 0.5) is 0 Å². The molecule has 2 N–H and O–H groups in total. The van der Waals surface area contributed by atoms with Crippen LogP contribution in [0, 0.1) is 0 Å². The minimum atomic E-state index is -0.115. The molecule has 0 bridgehead atoms. The summed E-state index contributed by atoms with van der Waals surface area (Å²) < 4.78 is 0.885. The lowest BCUT2D eigenvalue weighted by atomic mass is 9.97. The second-order valence-electron chi connectivity index (χ2n) is 5.14. The van der Waals surface area contributed by atoms with Crippen LogP contribution >= 0.6 is 27.5 Å². The molecular formula is C18H15BrClN. The molecule has 3 rings (SSSR count). The number of hydrogen-bond donors (Lipinski definition) is 1. The molecule has 0 amide bonds. The predicted octanol–water partition coefficient (Wildman–Crippen LogP) is 5.50. The first-order valence-electron chi connectivity index (χ1n) is 6.82. The lowest BCUT2D eigenvalue weighted by molar-refractivity contribution is 0.722. The topological polar surface area (TPSA) is 26.0 Å². The van der Waals surface area contributed by atoms with Gasteiger partial charge in [-0.05, 0) is 50.3 Å². The van der Waals surface area contributed by atoms with Crippen molar-refractivity contribution in [3.05, 3.63) is 81.3 Å². The van der Waals surface area contributed by atoms with Crippen LogP contribution in [-0.4, -0.2) is 0 Å². The number of benzene rings is 3. The smallest absolute Gasteiger partial charge is 0.0595 e. The van der Waals surface area contributed by atoms with Gasteiger partial charge < -0.3 is 5.73 Å². The Morgan fingerprint density at radius 3 is 2.52 bits per heavy atom. The van der Waals surface area contributed by atoms with Crippen LogP contribution in [0.2, 0.25) is 5.02 Å². The van der Waals surface area contributed by atoms with Gasteiger partial charge in [-0.1, -0.05) is 66.2 Å². The first-order valence-corrected chi connectivity index (χ1v) is 7.99. The van der Waals surface area contributed by atoms with E-state index in [1.807, 2.05) is 18.2 Å². The lowest BCUT2D eigenvalue weighted by Crippen LogP contribution is -2.14. The molecule has 0 aliphatic rings. The Kier molecular flexibility index (Phi) is 4.29. The molecule has 21 heavy (non-hydrogen) atoms. The molecule has 0 heterocycles. The highest BCUT2D eigenvalue weighted by atomic mass is 79.9. The molecule has 0 fully saturated rings. The van der Waals surface area contributed by atoms with E-state index in [4.69, 9.17) is 17.3 Å². The van der Waals surface area contributed by atoms with Crippen molar-refractivity contribution in [2.45, 2.75) is 12.5 Å². The van der Waals surface area contributed by atoms with Gasteiger partial charge in [0.15, 0.2) is 0 Å². The average Bonchev–Trinajstić information content (AvgIpc) is 2.50. The van der Waals surface area contributed by atoms with E-state index in [1.54, 1.807) is 0 Å². The molecule has 1 atom stereocenters. The summed E-state index contributed by atoms with van der Waals surface area (Å²) in [7, 11) is 0. The van der Waals surface area contributed by atoms with E-state index in [-0.39, 0.29) is 6.04 Å². The molecule has 3 aromatic rings. The third kappa shape index (κ3) is 3.13. The van der Waals surface area contributed by atoms with Crippen LogP contribution in [-0.2, 0) is 6.42 Å². The molecule has 0 spiro atoms.